The van der Waals surface area contributed by atoms with Crippen molar-refractivity contribution in [2.75, 3.05) is 25.5 Å². The summed E-state index contributed by atoms with van der Waals surface area (Å²) in [6.45, 7) is 4.49. The number of hydrogen-bond donors (Lipinski definition) is 2. The molecular weight excluding hydrogens is 469 g/mol. The number of anilines is 1. The number of amides is 2. The fourth-order valence-electron chi connectivity index (χ4n) is 4.44. The Morgan fingerprint density at radius 1 is 1.26 bits per heavy atom. The number of nitrogens with one attached hydrogen (secondary N) is 1. The van der Waals surface area contributed by atoms with E-state index in [9.17, 15) is 14.0 Å². The van der Waals surface area contributed by atoms with Crippen molar-refractivity contribution < 1.29 is 14.0 Å². The quantitative estimate of drug-likeness (QED) is 0.417. The van der Waals surface area contributed by atoms with Crippen molar-refractivity contribution in [2.45, 2.75) is 31.3 Å². The van der Waals surface area contributed by atoms with Crippen molar-refractivity contribution >= 4 is 42.2 Å². The predicted molar refractivity (Wildman–Crippen MR) is 135 cm³/mol. The molecule has 182 valence electrons. The molecule has 3 N–H and O–H groups in total. The van der Waals surface area contributed by atoms with Crippen molar-refractivity contribution in [3.8, 4) is 11.8 Å². The second kappa shape index (κ2) is 9.46. The molecule has 1 aliphatic heterocycles. The largest absolute Gasteiger partial charge is 0.373 e. The molecular formula is C24H26FN7O2S. The van der Waals surface area contributed by atoms with Crippen molar-refractivity contribution in [3.63, 3.8) is 0 Å². The average molecular weight is 496 g/mol. The summed E-state index contributed by atoms with van der Waals surface area (Å²) in [6.07, 6.45) is 5.79. The second-order valence-corrected chi connectivity index (χ2v) is 8.52. The van der Waals surface area contributed by atoms with Crippen LogP contribution >= 0.6 is 13.5 Å². The van der Waals surface area contributed by atoms with E-state index in [1.54, 1.807) is 29.0 Å². The number of nitrogens with two attached hydrogens (primary N) is 1. The molecule has 2 fully saturated rings. The van der Waals surface area contributed by atoms with E-state index in [2.05, 4.69) is 33.8 Å². The summed E-state index contributed by atoms with van der Waals surface area (Å²) in [7, 11) is 1.66. The number of carbonyl (C=O) groups is 2. The lowest BCUT2D eigenvalue weighted by Gasteiger charge is -2.16. The van der Waals surface area contributed by atoms with Gasteiger partial charge in [-0.05, 0) is 37.3 Å². The van der Waals surface area contributed by atoms with E-state index < -0.39 is 11.7 Å². The van der Waals surface area contributed by atoms with Crippen LogP contribution < -0.4 is 11.1 Å². The Labute approximate surface area is 208 Å². The number of rotatable bonds is 5. The molecule has 2 amide bonds. The highest BCUT2D eigenvalue weighted by Gasteiger charge is 2.31. The van der Waals surface area contributed by atoms with Crippen LogP contribution in [0.2, 0.25) is 0 Å². The van der Waals surface area contributed by atoms with E-state index in [1.807, 2.05) is 4.57 Å². The lowest BCUT2D eigenvalue weighted by molar-refractivity contribution is -0.125. The highest BCUT2D eigenvalue weighted by molar-refractivity contribution is 7.59. The molecule has 1 aromatic carbocycles. The molecule has 0 spiro atoms. The molecule has 3 heterocycles. The summed E-state index contributed by atoms with van der Waals surface area (Å²) < 4.78 is 18.5. The molecule has 0 radical (unpaired) electrons. The number of imidazole rings is 1. The molecule has 0 bridgehead atoms. The van der Waals surface area contributed by atoms with Gasteiger partial charge in [0.25, 0.3) is 5.91 Å². The third-order valence-electron chi connectivity index (χ3n) is 6.31. The van der Waals surface area contributed by atoms with Gasteiger partial charge in [0.1, 0.15) is 17.2 Å². The fourth-order valence-corrected chi connectivity index (χ4v) is 4.44. The van der Waals surface area contributed by atoms with Gasteiger partial charge in [-0.1, -0.05) is 12.5 Å². The second-order valence-electron chi connectivity index (χ2n) is 8.52. The van der Waals surface area contributed by atoms with Crippen molar-refractivity contribution in [1.29, 1.82) is 0 Å². The number of halogens is 1. The standard InChI is InChI=1S/C24H24FN7O2.H2S/c1-3-21(33)30-9-8-16(12-30)32-24(27-2)22(23(26)34)18(29-32)7-4-14-10-19-20(11-17(14)25)31(13-28-19)15-5-6-15;/h3,10-11,13,15-16,27H,1,5-6,8-9,12H2,2H3,(H2,26,34);1H2/t16-;/m0./s1. The molecule has 1 saturated carbocycles. The van der Waals surface area contributed by atoms with E-state index >= 15 is 0 Å². The zero-order chi connectivity index (χ0) is 24.0. The molecule has 0 unspecified atom stereocenters. The SMILES string of the molecule is C=CC(=O)N1CC[C@H](n2nc(C#Cc3cc4ncn(C5CC5)c4cc3F)c(C(N)=O)c2NC)C1.S. The van der Waals surface area contributed by atoms with Crippen LogP contribution in [0, 0.1) is 17.7 Å². The van der Waals surface area contributed by atoms with Crippen LogP contribution in [0.3, 0.4) is 0 Å². The molecule has 1 saturated heterocycles. The third kappa shape index (κ3) is 4.37. The van der Waals surface area contributed by atoms with Crippen molar-refractivity contribution in [1.82, 2.24) is 24.2 Å². The monoisotopic (exact) mass is 495 g/mol. The Balaban J connectivity index is 0.00000289. The fraction of sp³-hybridized carbons (Fsp3) is 0.333. The summed E-state index contributed by atoms with van der Waals surface area (Å²) in [4.78, 5) is 30.3. The summed E-state index contributed by atoms with van der Waals surface area (Å²) in [6, 6.07) is 3.27. The number of hydrogen-bond acceptors (Lipinski definition) is 5. The Kier molecular flexibility index (Phi) is 6.58. The minimum atomic E-state index is -0.698. The molecule has 11 heteroatoms. The highest BCUT2D eigenvalue weighted by atomic mass is 32.1. The molecule has 35 heavy (non-hydrogen) atoms. The molecule has 5 rings (SSSR count). The molecule has 3 aromatic rings. The van der Waals surface area contributed by atoms with Crippen LogP contribution in [-0.2, 0) is 4.79 Å². The maximum atomic E-state index is 14.9. The first kappa shape index (κ1) is 24.3. The van der Waals surface area contributed by atoms with Gasteiger partial charge in [-0.15, -0.1) is 0 Å². The van der Waals surface area contributed by atoms with E-state index in [1.165, 1.54) is 12.1 Å². The van der Waals surface area contributed by atoms with Crippen LogP contribution in [0.25, 0.3) is 11.0 Å². The van der Waals surface area contributed by atoms with E-state index in [-0.39, 0.29) is 42.3 Å². The van der Waals surface area contributed by atoms with Crippen molar-refractivity contribution in [2.24, 2.45) is 5.73 Å². The van der Waals surface area contributed by atoms with Crippen LogP contribution in [0.4, 0.5) is 10.2 Å². The van der Waals surface area contributed by atoms with Gasteiger partial charge in [0.15, 0.2) is 5.69 Å². The topological polar surface area (TPSA) is 111 Å². The molecule has 1 aliphatic carbocycles. The van der Waals surface area contributed by atoms with Crippen LogP contribution in [0.1, 0.15) is 53.0 Å². The lowest BCUT2D eigenvalue weighted by atomic mass is 10.1. The maximum absolute atomic E-state index is 14.9. The third-order valence-corrected chi connectivity index (χ3v) is 6.31. The van der Waals surface area contributed by atoms with Crippen LogP contribution in [0.15, 0.2) is 31.1 Å². The first-order chi connectivity index (χ1) is 16.4. The van der Waals surface area contributed by atoms with Crippen LogP contribution in [0.5, 0.6) is 0 Å². The number of carbonyl (C=O) groups excluding carboxylic acids is 2. The first-order valence-corrected chi connectivity index (χ1v) is 11.1. The summed E-state index contributed by atoms with van der Waals surface area (Å²) >= 11 is 0. The van der Waals surface area contributed by atoms with Gasteiger partial charge < -0.3 is 20.5 Å². The number of aromatic nitrogens is 4. The summed E-state index contributed by atoms with van der Waals surface area (Å²) in [5.41, 5.74) is 7.48. The average Bonchev–Trinajstić information content (AvgIpc) is 3.24. The molecule has 9 nitrogen and oxygen atoms in total. The van der Waals surface area contributed by atoms with Gasteiger partial charge in [0.05, 0.1) is 29.0 Å². The minimum absolute atomic E-state index is 0. The van der Waals surface area contributed by atoms with Gasteiger partial charge in [0.2, 0.25) is 5.91 Å². The predicted octanol–water partition coefficient (Wildman–Crippen LogP) is 2.32. The Bertz CT molecular complexity index is 1400. The number of benzene rings is 1. The van der Waals surface area contributed by atoms with E-state index in [0.717, 1.165) is 18.4 Å². The Morgan fingerprint density at radius 3 is 2.69 bits per heavy atom. The molecule has 2 aliphatic rings. The lowest BCUT2D eigenvalue weighted by Crippen LogP contribution is -2.27. The molecule has 2 aromatic heterocycles. The van der Waals surface area contributed by atoms with Gasteiger partial charge >= 0.3 is 0 Å². The van der Waals surface area contributed by atoms with Crippen molar-refractivity contribution in [3.05, 3.63) is 53.8 Å². The van der Waals surface area contributed by atoms with Gasteiger partial charge in [-0.25, -0.2) is 14.1 Å². The summed E-state index contributed by atoms with van der Waals surface area (Å²) in [5, 5.41) is 7.50. The van der Waals surface area contributed by atoms with Crippen LogP contribution in [-0.4, -0.2) is 56.2 Å². The number of likely N-dealkylation sites (tertiary alicyclic amines) is 1. The smallest absolute Gasteiger partial charge is 0.255 e. The maximum Gasteiger partial charge on any atom is 0.255 e. The highest BCUT2D eigenvalue weighted by Crippen LogP contribution is 2.37. The van der Waals surface area contributed by atoms with Gasteiger partial charge in [0, 0.05) is 32.2 Å². The van der Waals surface area contributed by atoms with Gasteiger partial charge in [-0.2, -0.15) is 18.6 Å². The van der Waals surface area contributed by atoms with E-state index in [0.29, 0.717) is 36.9 Å². The zero-order valence-electron chi connectivity index (χ0n) is 19.2. The normalized spacial score (nSPS) is 17.0. The number of nitrogens with zero attached hydrogens (tertiary/aromatic N) is 5. The van der Waals surface area contributed by atoms with Gasteiger partial charge in [-0.3, -0.25) is 9.59 Å². The Hall–Kier alpha value is -3.78. The first-order valence-electron chi connectivity index (χ1n) is 11.1. The minimum Gasteiger partial charge on any atom is -0.373 e. The zero-order valence-corrected chi connectivity index (χ0v) is 20.2. The summed E-state index contributed by atoms with van der Waals surface area (Å²) in [5.74, 6) is 4.71. The number of primary amides is 1. The Morgan fingerprint density at radius 2 is 2.03 bits per heavy atom. The van der Waals surface area contributed by atoms with E-state index in [4.69, 9.17) is 5.73 Å². The molecule has 1 atom stereocenters. The number of fused-ring (bicyclic) bond motifs is 1.